The van der Waals surface area contributed by atoms with E-state index in [1.54, 1.807) is 24.3 Å². The Balaban J connectivity index is 1.47. The van der Waals surface area contributed by atoms with E-state index in [9.17, 15) is 22.4 Å². The van der Waals surface area contributed by atoms with Crippen molar-refractivity contribution in [1.29, 1.82) is 0 Å². The number of ether oxygens (including phenoxy) is 2. The first-order valence-corrected chi connectivity index (χ1v) is 9.29. The van der Waals surface area contributed by atoms with Crippen LogP contribution >= 0.6 is 0 Å². The van der Waals surface area contributed by atoms with Crippen LogP contribution in [0.25, 0.3) is 10.9 Å². The van der Waals surface area contributed by atoms with Crippen molar-refractivity contribution in [3.8, 4) is 11.5 Å². The van der Waals surface area contributed by atoms with E-state index in [1.807, 2.05) is 0 Å². The highest BCUT2D eigenvalue weighted by molar-refractivity contribution is 6.07. The van der Waals surface area contributed by atoms with Crippen LogP contribution in [0.3, 0.4) is 0 Å². The Labute approximate surface area is 178 Å². The normalized spacial score (nSPS) is 11.4. The van der Waals surface area contributed by atoms with Gasteiger partial charge in [0.15, 0.2) is 5.82 Å². The van der Waals surface area contributed by atoms with E-state index in [-0.39, 0.29) is 23.7 Å². The average Bonchev–Trinajstić information content (AvgIpc) is 3.14. The number of alkyl halides is 3. The van der Waals surface area contributed by atoms with Crippen molar-refractivity contribution in [2.45, 2.75) is 13.0 Å². The minimum Gasteiger partial charge on any atom is -0.489 e. The number of nitrogens with one attached hydrogen (secondary N) is 2. The molecule has 2 N–H and O–H groups in total. The second-order valence-electron chi connectivity index (χ2n) is 6.72. The summed E-state index contributed by atoms with van der Waals surface area (Å²) < 4.78 is 59.8. The van der Waals surface area contributed by atoms with Crippen LogP contribution in [-0.2, 0) is 6.61 Å². The van der Waals surface area contributed by atoms with Gasteiger partial charge in [-0.1, -0.05) is 12.1 Å². The van der Waals surface area contributed by atoms with Crippen molar-refractivity contribution in [2.24, 2.45) is 0 Å². The Morgan fingerprint density at radius 2 is 1.78 bits per heavy atom. The summed E-state index contributed by atoms with van der Waals surface area (Å²) in [5.74, 6) is -0.594. The number of nitrogens with zero attached hydrogens (tertiary/aromatic N) is 1. The van der Waals surface area contributed by atoms with Gasteiger partial charge in [-0.2, -0.15) is 5.10 Å². The number of aromatic nitrogens is 2. The van der Waals surface area contributed by atoms with Gasteiger partial charge in [0.25, 0.3) is 5.91 Å². The molecule has 4 aromatic rings. The monoisotopic (exact) mass is 445 g/mol. The molecule has 0 unspecified atom stereocenters. The summed E-state index contributed by atoms with van der Waals surface area (Å²) in [6, 6.07) is 15.5. The van der Waals surface area contributed by atoms with Crippen LogP contribution in [0.5, 0.6) is 11.5 Å². The molecule has 4 rings (SSSR count). The Bertz CT molecular complexity index is 1250. The fourth-order valence-corrected chi connectivity index (χ4v) is 2.96. The van der Waals surface area contributed by atoms with Gasteiger partial charge in [-0.3, -0.25) is 9.89 Å². The van der Waals surface area contributed by atoms with Crippen molar-refractivity contribution < 1.29 is 31.8 Å². The fraction of sp³-hybridized carbons (Fsp3) is 0.0909. The van der Waals surface area contributed by atoms with Gasteiger partial charge >= 0.3 is 6.36 Å². The van der Waals surface area contributed by atoms with Crippen molar-refractivity contribution >= 4 is 22.6 Å². The van der Waals surface area contributed by atoms with Crippen molar-refractivity contribution in [2.75, 3.05) is 5.32 Å². The molecule has 1 heterocycles. The molecule has 0 aliphatic rings. The van der Waals surface area contributed by atoms with E-state index in [0.717, 1.165) is 0 Å². The smallest absolute Gasteiger partial charge is 0.489 e. The molecule has 0 atom stereocenters. The van der Waals surface area contributed by atoms with E-state index in [4.69, 9.17) is 4.74 Å². The van der Waals surface area contributed by atoms with E-state index >= 15 is 0 Å². The van der Waals surface area contributed by atoms with E-state index in [2.05, 4.69) is 20.3 Å². The van der Waals surface area contributed by atoms with E-state index in [0.29, 0.717) is 22.2 Å². The molecule has 0 bridgehead atoms. The highest BCUT2D eigenvalue weighted by Gasteiger charge is 2.31. The van der Waals surface area contributed by atoms with Gasteiger partial charge in [0.05, 0.1) is 5.52 Å². The van der Waals surface area contributed by atoms with E-state index in [1.165, 1.54) is 42.5 Å². The van der Waals surface area contributed by atoms with Gasteiger partial charge in [-0.15, -0.1) is 13.2 Å². The van der Waals surface area contributed by atoms with Crippen LogP contribution in [0, 0.1) is 5.82 Å². The molecule has 0 saturated carbocycles. The molecule has 0 radical (unpaired) electrons. The number of aromatic amines is 1. The Hall–Kier alpha value is -4.08. The number of rotatable bonds is 6. The Kier molecular flexibility index (Phi) is 5.67. The number of fused-ring (bicyclic) bond motifs is 1. The number of benzene rings is 3. The molecule has 0 spiro atoms. The molecule has 0 aliphatic carbocycles. The highest BCUT2D eigenvalue weighted by atomic mass is 19.4. The SMILES string of the molecule is O=C(Nc1n[nH]c2ccc(OCc3cccc(OC(F)(F)F)c3)cc12)c1ccc(F)cc1. The zero-order chi connectivity index (χ0) is 22.7. The summed E-state index contributed by atoms with van der Waals surface area (Å²) in [4.78, 5) is 12.4. The molecule has 32 heavy (non-hydrogen) atoms. The number of amides is 1. The number of carbonyl (C=O) groups is 1. The van der Waals surface area contributed by atoms with E-state index < -0.39 is 18.1 Å². The van der Waals surface area contributed by atoms with Crippen LogP contribution in [0.15, 0.2) is 66.7 Å². The zero-order valence-electron chi connectivity index (χ0n) is 16.2. The second-order valence-corrected chi connectivity index (χ2v) is 6.72. The predicted octanol–water partition coefficient (Wildman–Crippen LogP) is 5.43. The summed E-state index contributed by atoms with van der Waals surface area (Å²) in [6.07, 6.45) is -4.78. The lowest BCUT2D eigenvalue weighted by atomic mass is 10.2. The van der Waals surface area contributed by atoms with Crippen LogP contribution in [-0.4, -0.2) is 22.5 Å². The maximum Gasteiger partial charge on any atom is 0.573 e. The van der Waals surface area contributed by atoms with Crippen LogP contribution in [0.2, 0.25) is 0 Å². The molecule has 3 aromatic carbocycles. The first-order chi connectivity index (χ1) is 15.3. The average molecular weight is 445 g/mol. The van der Waals surface area contributed by atoms with Gasteiger partial charge < -0.3 is 14.8 Å². The zero-order valence-corrected chi connectivity index (χ0v) is 16.2. The molecule has 0 aliphatic heterocycles. The number of halogens is 4. The highest BCUT2D eigenvalue weighted by Crippen LogP contribution is 2.27. The molecular weight excluding hydrogens is 430 g/mol. The standard InChI is InChI=1S/C22H15F4N3O3/c23-15-6-4-14(5-7-15)21(30)27-20-18-11-16(8-9-19(18)28-29-20)31-12-13-2-1-3-17(10-13)32-22(24,25)26/h1-11H,12H2,(H2,27,28,29,30). The first kappa shape index (κ1) is 21.2. The summed E-state index contributed by atoms with van der Waals surface area (Å²) in [7, 11) is 0. The molecule has 10 heteroatoms. The molecule has 0 saturated heterocycles. The predicted molar refractivity (Wildman–Crippen MR) is 108 cm³/mol. The maximum atomic E-state index is 13.1. The Morgan fingerprint density at radius 1 is 1.00 bits per heavy atom. The van der Waals surface area contributed by atoms with Crippen LogP contribution in [0.1, 0.15) is 15.9 Å². The third-order valence-electron chi connectivity index (χ3n) is 4.41. The van der Waals surface area contributed by atoms with Gasteiger partial charge in [-0.25, -0.2) is 4.39 Å². The lowest BCUT2D eigenvalue weighted by Gasteiger charge is -2.11. The molecule has 164 valence electrons. The summed E-state index contributed by atoms with van der Waals surface area (Å²) in [6.45, 7) is -0.00428. The third-order valence-corrected chi connectivity index (χ3v) is 4.41. The lowest BCUT2D eigenvalue weighted by molar-refractivity contribution is -0.274. The molecule has 1 aromatic heterocycles. The number of H-pyrrole nitrogens is 1. The lowest BCUT2D eigenvalue weighted by Crippen LogP contribution is -2.17. The summed E-state index contributed by atoms with van der Waals surface area (Å²) in [5, 5.41) is 10.1. The van der Waals surface area contributed by atoms with Crippen LogP contribution in [0.4, 0.5) is 23.4 Å². The van der Waals surface area contributed by atoms with Crippen molar-refractivity contribution in [3.63, 3.8) is 0 Å². The largest absolute Gasteiger partial charge is 0.573 e. The number of hydrogen-bond donors (Lipinski definition) is 2. The van der Waals surface area contributed by atoms with Gasteiger partial charge in [0.1, 0.15) is 23.9 Å². The van der Waals surface area contributed by atoms with Crippen LogP contribution < -0.4 is 14.8 Å². The summed E-state index contributed by atoms with van der Waals surface area (Å²) in [5.41, 5.74) is 1.37. The number of carbonyl (C=O) groups excluding carboxylic acids is 1. The Morgan fingerprint density at radius 3 is 2.53 bits per heavy atom. The van der Waals surface area contributed by atoms with Gasteiger partial charge in [0.2, 0.25) is 0 Å². The molecular formula is C22H15F4N3O3. The van der Waals surface area contributed by atoms with Gasteiger partial charge in [-0.05, 0) is 60.2 Å². The third kappa shape index (κ3) is 5.15. The topological polar surface area (TPSA) is 76.2 Å². The quantitative estimate of drug-likeness (QED) is 0.388. The fourth-order valence-electron chi connectivity index (χ4n) is 2.96. The van der Waals surface area contributed by atoms with Crippen molar-refractivity contribution in [1.82, 2.24) is 10.2 Å². The molecule has 0 fully saturated rings. The van der Waals surface area contributed by atoms with Crippen molar-refractivity contribution in [3.05, 3.63) is 83.7 Å². The minimum absolute atomic E-state index is 0.00428. The second kappa shape index (κ2) is 8.58. The molecule has 1 amide bonds. The number of anilines is 1. The molecule has 6 nitrogen and oxygen atoms in total. The first-order valence-electron chi connectivity index (χ1n) is 9.29. The minimum atomic E-state index is -4.78. The maximum absolute atomic E-state index is 13.1. The number of hydrogen-bond acceptors (Lipinski definition) is 4. The van der Waals surface area contributed by atoms with Gasteiger partial charge in [0, 0.05) is 10.9 Å². The summed E-state index contributed by atoms with van der Waals surface area (Å²) >= 11 is 0.